The van der Waals surface area contributed by atoms with Crippen molar-refractivity contribution in [2.45, 2.75) is 52.5 Å². The molecule has 0 aliphatic rings. The van der Waals surface area contributed by atoms with Crippen molar-refractivity contribution in [1.29, 1.82) is 0 Å². The van der Waals surface area contributed by atoms with Crippen LogP contribution in [-0.2, 0) is 4.79 Å². The Balaban J connectivity index is 3.50. The lowest BCUT2D eigenvalue weighted by Crippen LogP contribution is -2.32. The van der Waals surface area contributed by atoms with Gasteiger partial charge in [0, 0.05) is 19.1 Å². The predicted molar refractivity (Wildman–Crippen MR) is 58.0 cm³/mol. The average Bonchev–Trinajstić information content (AvgIpc) is 2.11. The summed E-state index contributed by atoms with van der Waals surface area (Å²) in [5, 5.41) is 11.5. The molecule has 0 bridgehead atoms. The summed E-state index contributed by atoms with van der Waals surface area (Å²) < 4.78 is 0. The number of hydrogen-bond acceptors (Lipinski definition) is 2. The zero-order valence-electron chi connectivity index (χ0n) is 9.55. The van der Waals surface area contributed by atoms with E-state index in [1.165, 1.54) is 0 Å². The molecule has 3 nitrogen and oxygen atoms in total. The maximum Gasteiger partial charge on any atom is 0.220 e. The molecule has 0 aromatic rings. The molecular weight excluding hydrogens is 178 g/mol. The fraction of sp³-hybridized carbons (Fsp3) is 0.909. The van der Waals surface area contributed by atoms with Crippen LogP contribution in [0.5, 0.6) is 0 Å². The van der Waals surface area contributed by atoms with Crippen molar-refractivity contribution in [1.82, 2.24) is 5.32 Å². The highest BCUT2D eigenvalue weighted by Gasteiger charge is 2.07. The molecule has 0 aliphatic heterocycles. The van der Waals surface area contributed by atoms with E-state index in [-0.39, 0.29) is 18.6 Å². The number of amides is 1. The molecule has 0 aliphatic carbocycles. The van der Waals surface area contributed by atoms with Gasteiger partial charge in [-0.1, -0.05) is 13.8 Å². The molecule has 2 N–H and O–H groups in total. The van der Waals surface area contributed by atoms with Crippen LogP contribution in [0.25, 0.3) is 0 Å². The van der Waals surface area contributed by atoms with Crippen LogP contribution in [0.3, 0.4) is 0 Å². The van der Waals surface area contributed by atoms with Crippen LogP contribution < -0.4 is 5.32 Å². The summed E-state index contributed by atoms with van der Waals surface area (Å²) in [6.45, 7) is 6.40. The molecule has 0 rings (SSSR count). The summed E-state index contributed by atoms with van der Waals surface area (Å²) in [5.74, 6) is 0.706. The third-order valence-corrected chi connectivity index (χ3v) is 2.15. The van der Waals surface area contributed by atoms with Crippen molar-refractivity contribution >= 4 is 5.91 Å². The summed E-state index contributed by atoms with van der Waals surface area (Å²) in [4.78, 5) is 11.3. The third kappa shape index (κ3) is 8.05. The van der Waals surface area contributed by atoms with Gasteiger partial charge in [-0.25, -0.2) is 0 Å². The average molecular weight is 201 g/mol. The van der Waals surface area contributed by atoms with Gasteiger partial charge in [0.15, 0.2) is 0 Å². The van der Waals surface area contributed by atoms with Crippen LogP contribution in [0.15, 0.2) is 0 Å². The Labute approximate surface area is 86.9 Å². The number of carbonyl (C=O) groups excluding carboxylic acids is 1. The second-order valence-electron chi connectivity index (χ2n) is 4.27. The van der Waals surface area contributed by atoms with Gasteiger partial charge in [0.25, 0.3) is 0 Å². The fourth-order valence-corrected chi connectivity index (χ4v) is 1.24. The van der Waals surface area contributed by atoms with E-state index in [9.17, 15) is 4.79 Å². The van der Waals surface area contributed by atoms with Gasteiger partial charge < -0.3 is 10.4 Å². The van der Waals surface area contributed by atoms with Gasteiger partial charge >= 0.3 is 0 Å². The molecule has 0 aromatic heterocycles. The van der Waals surface area contributed by atoms with E-state index in [4.69, 9.17) is 5.11 Å². The summed E-state index contributed by atoms with van der Waals surface area (Å²) in [7, 11) is 0. The molecule has 0 radical (unpaired) electrons. The van der Waals surface area contributed by atoms with E-state index in [1.54, 1.807) is 0 Å². The molecule has 0 saturated carbocycles. The topological polar surface area (TPSA) is 49.3 Å². The van der Waals surface area contributed by atoms with Gasteiger partial charge in [-0.3, -0.25) is 4.79 Å². The normalized spacial score (nSPS) is 12.9. The zero-order valence-corrected chi connectivity index (χ0v) is 9.55. The first-order chi connectivity index (χ1) is 6.56. The smallest absolute Gasteiger partial charge is 0.220 e. The van der Waals surface area contributed by atoms with Crippen molar-refractivity contribution in [3.05, 3.63) is 0 Å². The first-order valence-electron chi connectivity index (χ1n) is 5.46. The molecule has 0 saturated heterocycles. The van der Waals surface area contributed by atoms with Crippen molar-refractivity contribution in [2.24, 2.45) is 5.92 Å². The quantitative estimate of drug-likeness (QED) is 0.658. The summed E-state index contributed by atoms with van der Waals surface area (Å²) in [6, 6.07) is 0.182. The van der Waals surface area contributed by atoms with E-state index in [0.29, 0.717) is 12.3 Å². The van der Waals surface area contributed by atoms with Gasteiger partial charge in [0.2, 0.25) is 5.91 Å². The Bertz CT molecular complexity index is 157. The SMILES string of the molecule is CC(C)CCC(=O)NC(C)CCCO. The van der Waals surface area contributed by atoms with Gasteiger partial charge in [-0.15, -0.1) is 0 Å². The van der Waals surface area contributed by atoms with Crippen LogP contribution in [0.2, 0.25) is 0 Å². The van der Waals surface area contributed by atoms with Crippen LogP contribution in [0, 0.1) is 5.92 Å². The number of nitrogens with one attached hydrogen (secondary N) is 1. The summed E-state index contributed by atoms with van der Waals surface area (Å²) >= 11 is 0. The van der Waals surface area contributed by atoms with E-state index in [2.05, 4.69) is 19.2 Å². The maximum atomic E-state index is 11.3. The molecule has 0 aromatic carbocycles. The molecule has 0 heterocycles. The minimum Gasteiger partial charge on any atom is -0.396 e. The Morgan fingerprint density at radius 3 is 2.43 bits per heavy atom. The highest BCUT2D eigenvalue weighted by Crippen LogP contribution is 2.04. The molecule has 14 heavy (non-hydrogen) atoms. The molecule has 1 amide bonds. The highest BCUT2D eigenvalue weighted by atomic mass is 16.2. The second kappa shape index (κ2) is 7.80. The van der Waals surface area contributed by atoms with E-state index < -0.39 is 0 Å². The Morgan fingerprint density at radius 2 is 1.93 bits per heavy atom. The summed E-state index contributed by atoms with van der Waals surface area (Å²) in [6.07, 6.45) is 3.16. The lowest BCUT2D eigenvalue weighted by atomic mass is 10.1. The molecular formula is C11H23NO2. The van der Waals surface area contributed by atoms with Gasteiger partial charge in [-0.05, 0) is 32.1 Å². The maximum absolute atomic E-state index is 11.3. The van der Waals surface area contributed by atoms with Crippen LogP contribution in [0.4, 0.5) is 0 Å². The highest BCUT2D eigenvalue weighted by molar-refractivity contribution is 5.76. The predicted octanol–water partition coefficient (Wildman–Crippen LogP) is 1.70. The molecule has 0 fully saturated rings. The van der Waals surface area contributed by atoms with Crippen LogP contribution in [-0.4, -0.2) is 23.7 Å². The van der Waals surface area contributed by atoms with Gasteiger partial charge in [-0.2, -0.15) is 0 Å². The third-order valence-electron chi connectivity index (χ3n) is 2.15. The van der Waals surface area contributed by atoms with Crippen LogP contribution in [0.1, 0.15) is 46.5 Å². The Kier molecular flexibility index (Phi) is 7.48. The standard InChI is InChI=1S/C11H23NO2/c1-9(2)6-7-11(14)12-10(3)5-4-8-13/h9-10,13H,4-8H2,1-3H3,(H,12,14). The minimum atomic E-state index is 0.129. The van der Waals surface area contributed by atoms with Gasteiger partial charge in [0.1, 0.15) is 0 Å². The first kappa shape index (κ1) is 13.4. The molecule has 1 atom stereocenters. The molecule has 84 valence electrons. The Hall–Kier alpha value is -0.570. The van der Waals surface area contributed by atoms with E-state index >= 15 is 0 Å². The molecule has 1 unspecified atom stereocenters. The van der Waals surface area contributed by atoms with Gasteiger partial charge in [0.05, 0.1) is 0 Å². The molecule has 0 spiro atoms. The lowest BCUT2D eigenvalue weighted by molar-refractivity contribution is -0.122. The number of aliphatic hydroxyl groups is 1. The largest absolute Gasteiger partial charge is 0.396 e. The number of carbonyl (C=O) groups is 1. The Morgan fingerprint density at radius 1 is 1.29 bits per heavy atom. The monoisotopic (exact) mass is 201 g/mol. The number of aliphatic hydroxyl groups excluding tert-OH is 1. The van der Waals surface area contributed by atoms with Crippen molar-refractivity contribution in [2.75, 3.05) is 6.61 Å². The second-order valence-corrected chi connectivity index (χ2v) is 4.27. The fourth-order valence-electron chi connectivity index (χ4n) is 1.24. The first-order valence-corrected chi connectivity index (χ1v) is 5.46. The number of hydrogen-bond donors (Lipinski definition) is 2. The number of rotatable bonds is 7. The van der Waals surface area contributed by atoms with Crippen molar-refractivity contribution in [3.8, 4) is 0 Å². The lowest BCUT2D eigenvalue weighted by Gasteiger charge is -2.13. The summed E-state index contributed by atoms with van der Waals surface area (Å²) in [5.41, 5.74) is 0. The van der Waals surface area contributed by atoms with E-state index in [1.807, 2.05) is 6.92 Å². The van der Waals surface area contributed by atoms with Crippen molar-refractivity contribution < 1.29 is 9.90 Å². The molecule has 3 heteroatoms. The minimum absolute atomic E-state index is 0.129. The van der Waals surface area contributed by atoms with E-state index in [0.717, 1.165) is 19.3 Å². The zero-order chi connectivity index (χ0) is 11.0. The van der Waals surface area contributed by atoms with Crippen molar-refractivity contribution in [3.63, 3.8) is 0 Å². The van der Waals surface area contributed by atoms with Crippen LogP contribution >= 0.6 is 0 Å².